The fourth-order valence-electron chi connectivity index (χ4n) is 4.51. The van der Waals surface area contributed by atoms with Crippen LogP contribution in [0, 0.1) is 6.92 Å². The molecule has 1 atom stereocenters. The first kappa shape index (κ1) is 20.9. The largest absolute Gasteiger partial charge is 0.420 e. The van der Waals surface area contributed by atoms with Crippen molar-refractivity contribution in [2.24, 2.45) is 0 Å². The number of benzene rings is 2. The van der Waals surface area contributed by atoms with Crippen molar-refractivity contribution in [3.05, 3.63) is 75.9 Å². The predicted molar refractivity (Wildman–Crippen MR) is 124 cm³/mol. The van der Waals surface area contributed by atoms with E-state index >= 15 is 0 Å². The van der Waals surface area contributed by atoms with Crippen molar-refractivity contribution in [1.29, 1.82) is 0 Å². The Morgan fingerprint density at radius 2 is 2.00 bits per heavy atom. The minimum atomic E-state index is -0.536. The van der Waals surface area contributed by atoms with Gasteiger partial charge >= 0.3 is 5.76 Å². The molecule has 0 saturated carbocycles. The Morgan fingerprint density at radius 3 is 2.82 bits per heavy atom. The minimum absolute atomic E-state index is 0.0158. The first-order chi connectivity index (χ1) is 15.9. The van der Waals surface area contributed by atoms with E-state index in [1.165, 1.54) is 4.57 Å². The highest BCUT2D eigenvalue weighted by Crippen LogP contribution is 2.29. The number of likely N-dealkylation sites (tertiary alicyclic amines) is 1. The van der Waals surface area contributed by atoms with Crippen LogP contribution in [0.25, 0.3) is 22.0 Å². The second-order valence-electron chi connectivity index (χ2n) is 8.44. The smallest absolute Gasteiger partial charge is 0.408 e. The van der Waals surface area contributed by atoms with Crippen molar-refractivity contribution < 1.29 is 14.0 Å². The van der Waals surface area contributed by atoms with Gasteiger partial charge in [0.1, 0.15) is 6.54 Å². The van der Waals surface area contributed by atoms with Gasteiger partial charge in [-0.15, -0.1) is 0 Å². The standard InChI is InChI=1S/C25H24N4O4/c1-15-7-8-22-21(11-15)29(25(32)33-22)14-23(30)28-10-9-16(13-28)20-12-18(24(31)26-2)17-5-3-4-6-19(17)27-20/h3-8,11-12,16H,9-10,13-14H2,1-2H3,(H,26,31). The zero-order valence-corrected chi connectivity index (χ0v) is 18.5. The molecular formula is C25H24N4O4. The summed E-state index contributed by atoms with van der Waals surface area (Å²) in [5.41, 5.74) is 4.21. The van der Waals surface area contributed by atoms with Crippen LogP contribution in [0.1, 0.15) is 34.0 Å². The Bertz CT molecular complexity index is 1450. The third-order valence-electron chi connectivity index (χ3n) is 6.28. The molecule has 1 aliphatic rings. The average Bonchev–Trinajstić information content (AvgIpc) is 3.43. The van der Waals surface area contributed by atoms with Crippen LogP contribution in [0.3, 0.4) is 0 Å². The Balaban J connectivity index is 1.39. The molecule has 1 N–H and O–H groups in total. The lowest BCUT2D eigenvalue weighted by Gasteiger charge is -2.17. The molecule has 2 amide bonds. The number of aromatic nitrogens is 2. The summed E-state index contributed by atoms with van der Waals surface area (Å²) < 4.78 is 6.67. The first-order valence-electron chi connectivity index (χ1n) is 10.9. The number of rotatable bonds is 4. The lowest BCUT2D eigenvalue weighted by Crippen LogP contribution is -2.34. The van der Waals surface area contributed by atoms with Crippen molar-refractivity contribution in [3.8, 4) is 0 Å². The summed E-state index contributed by atoms with van der Waals surface area (Å²) in [6.07, 6.45) is 0.740. The Kier molecular flexibility index (Phi) is 5.20. The number of carbonyl (C=O) groups is 2. The molecule has 8 nitrogen and oxygen atoms in total. The fourth-order valence-corrected chi connectivity index (χ4v) is 4.51. The highest BCUT2D eigenvalue weighted by Gasteiger charge is 2.30. The van der Waals surface area contributed by atoms with Crippen molar-refractivity contribution in [1.82, 2.24) is 19.8 Å². The van der Waals surface area contributed by atoms with Gasteiger partial charge in [-0.3, -0.25) is 19.1 Å². The number of hydrogen-bond donors (Lipinski definition) is 1. The van der Waals surface area contributed by atoms with Crippen molar-refractivity contribution in [3.63, 3.8) is 0 Å². The van der Waals surface area contributed by atoms with Gasteiger partial charge in [-0.1, -0.05) is 24.3 Å². The molecule has 1 unspecified atom stereocenters. The molecule has 8 heteroatoms. The molecule has 1 aliphatic heterocycles. The maximum Gasteiger partial charge on any atom is 0.420 e. The van der Waals surface area contributed by atoms with Gasteiger partial charge in [0.25, 0.3) is 5.91 Å². The van der Waals surface area contributed by atoms with Crippen molar-refractivity contribution >= 4 is 33.8 Å². The van der Waals surface area contributed by atoms with Crippen LogP contribution in [0.5, 0.6) is 0 Å². The quantitative estimate of drug-likeness (QED) is 0.522. The van der Waals surface area contributed by atoms with Crippen LogP contribution in [-0.2, 0) is 11.3 Å². The SMILES string of the molecule is CNC(=O)c1cc(C2CCN(C(=O)Cn3c(=O)oc4ccc(C)cc43)C2)nc2ccccc12. The van der Waals surface area contributed by atoms with E-state index in [9.17, 15) is 14.4 Å². The Morgan fingerprint density at radius 1 is 1.18 bits per heavy atom. The number of oxazole rings is 1. The van der Waals surface area contributed by atoms with Gasteiger partial charge in [-0.2, -0.15) is 0 Å². The van der Waals surface area contributed by atoms with Crippen LogP contribution < -0.4 is 11.1 Å². The van der Waals surface area contributed by atoms with E-state index in [0.29, 0.717) is 29.8 Å². The monoisotopic (exact) mass is 444 g/mol. The summed E-state index contributed by atoms with van der Waals surface area (Å²) in [5, 5.41) is 3.49. The van der Waals surface area contributed by atoms with E-state index in [-0.39, 0.29) is 24.3 Å². The summed E-state index contributed by atoms with van der Waals surface area (Å²) in [6, 6.07) is 14.8. The van der Waals surface area contributed by atoms with E-state index in [1.54, 1.807) is 18.0 Å². The normalized spacial score (nSPS) is 15.9. The van der Waals surface area contributed by atoms with Crippen LogP contribution in [0.15, 0.2) is 57.7 Å². The molecule has 5 rings (SSSR count). The van der Waals surface area contributed by atoms with Gasteiger partial charge in [0.15, 0.2) is 5.58 Å². The van der Waals surface area contributed by atoms with Crippen LogP contribution >= 0.6 is 0 Å². The molecular weight excluding hydrogens is 420 g/mol. The maximum absolute atomic E-state index is 13.0. The molecule has 168 valence electrons. The first-order valence-corrected chi connectivity index (χ1v) is 10.9. The molecule has 0 spiro atoms. The van der Waals surface area contributed by atoms with Gasteiger partial charge in [0, 0.05) is 37.1 Å². The zero-order valence-electron chi connectivity index (χ0n) is 18.5. The van der Waals surface area contributed by atoms with Crippen LogP contribution in [0.2, 0.25) is 0 Å². The lowest BCUT2D eigenvalue weighted by atomic mass is 9.99. The average molecular weight is 444 g/mol. The van der Waals surface area contributed by atoms with Crippen LogP contribution in [0.4, 0.5) is 0 Å². The van der Waals surface area contributed by atoms with Gasteiger partial charge in [0.2, 0.25) is 5.91 Å². The second kappa shape index (κ2) is 8.20. The van der Waals surface area contributed by atoms with Gasteiger partial charge in [-0.25, -0.2) is 4.79 Å². The van der Waals surface area contributed by atoms with E-state index < -0.39 is 5.76 Å². The number of pyridine rings is 1. The van der Waals surface area contributed by atoms with E-state index in [0.717, 1.165) is 28.6 Å². The predicted octanol–water partition coefficient (Wildman–Crippen LogP) is 2.83. The maximum atomic E-state index is 13.0. The van der Waals surface area contributed by atoms with Crippen molar-refractivity contribution in [2.45, 2.75) is 25.8 Å². The number of hydrogen-bond acceptors (Lipinski definition) is 5. The van der Waals surface area contributed by atoms with Crippen molar-refractivity contribution in [2.75, 3.05) is 20.1 Å². The number of amides is 2. The summed E-state index contributed by atoms with van der Waals surface area (Å²) in [6.45, 7) is 2.91. The topological polar surface area (TPSA) is 97.4 Å². The van der Waals surface area contributed by atoms with E-state index in [4.69, 9.17) is 9.40 Å². The summed E-state index contributed by atoms with van der Waals surface area (Å²) in [5.74, 6) is -0.827. The van der Waals surface area contributed by atoms with Gasteiger partial charge < -0.3 is 14.6 Å². The highest BCUT2D eigenvalue weighted by atomic mass is 16.4. The Labute approximate surface area is 189 Å². The molecule has 4 aromatic rings. The number of fused-ring (bicyclic) bond motifs is 2. The fraction of sp³-hybridized carbons (Fsp3) is 0.280. The lowest BCUT2D eigenvalue weighted by molar-refractivity contribution is -0.130. The van der Waals surface area contributed by atoms with E-state index in [1.807, 2.05) is 49.4 Å². The zero-order chi connectivity index (χ0) is 23.1. The highest BCUT2D eigenvalue weighted by molar-refractivity contribution is 6.06. The number of nitrogens with one attached hydrogen (secondary N) is 1. The third kappa shape index (κ3) is 3.77. The molecule has 0 radical (unpaired) electrons. The number of carbonyl (C=O) groups excluding carboxylic acids is 2. The molecule has 2 aromatic carbocycles. The number of nitrogens with zero attached hydrogens (tertiary/aromatic N) is 3. The number of aryl methyl sites for hydroxylation is 1. The molecule has 33 heavy (non-hydrogen) atoms. The van der Waals surface area contributed by atoms with Gasteiger partial charge in [-0.05, 0) is 43.2 Å². The van der Waals surface area contributed by atoms with Crippen LogP contribution in [-0.4, -0.2) is 46.4 Å². The third-order valence-corrected chi connectivity index (χ3v) is 6.28. The molecule has 1 fully saturated rings. The molecule has 0 bridgehead atoms. The summed E-state index contributed by atoms with van der Waals surface area (Å²) in [7, 11) is 1.61. The number of para-hydroxylation sites is 1. The molecule has 2 aromatic heterocycles. The molecule has 0 aliphatic carbocycles. The summed E-state index contributed by atoms with van der Waals surface area (Å²) in [4.78, 5) is 44.4. The van der Waals surface area contributed by atoms with E-state index in [2.05, 4.69) is 5.32 Å². The minimum Gasteiger partial charge on any atom is -0.408 e. The summed E-state index contributed by atoms with van der Waals surface area (Å²) >= 11 is 0. The Hall–Kier alpha value is -3.94. The van der Waals surface area contributed by atoms with Gasteiger partial charge in [0.05, 0.1) is 16.6 Å². The molecule has 3 heterocycles. The second-order valence-corrected chi connectivity index (χ2v) is 8.44. The molecule has 1 saturated heterocycles.